The maximum absolute atomic E-state index is 11.9. The third kappa shape index (κ3) is 4.04. The molecular formula is C21H21N3O3S. The van der Waals surface area contributed by atoms with Crippen LogP contribution in [0.25, 0.3) is 11.4 Å². The summed E-state index contributed by atoms with van der Waals surface area (Å²) >= 11 is 1.43. The molecule has 28 heavy (non-hydrogen) atoms. The lowest BCUT2D eigenvalue weighted by Gasteiger charge is -2.12. The van der Waals surface area contributed by atoms with Crippen LogP contribution in [0.1, 0.15) is 12.0 Å². The summed E-state index contributed by atoms with van der Waals surface area (Å²) in [6, 6.07) is 18.1. The largest absolute Gasteiger partial charge is 0.497 e. The molecule has 0 radical (unpaired) electrons. The van der Waals surface area contributed by atoms with E-state index in [1.54, 1.807) is 7.11 Å². The summed E-state index contributed by atoms with van der Waals surface area (Å²) in [6.07, 6.45) is 1.55. The summed E-state index contributed by atoms with van der Waals surface area (Å²) in [5.74, 6) is 1.41. The Morgan fingerprint density at radius 1 is 1.14 bits per heavy atom. The summed E-state index contributed by atoms with van der Waals surface area (Å²) in [5, 5.41) is 9.32. The molecule has 4 rings (SSSR count). The number of aromatic nitrogens is 3. The first-order valence-electron chi connectivity index (χ1n) is 9.19. The molecule has 0 N–H and O–H groups in total. The predicted molar refractivity (Wildman–Crippen MR) is 107 cm³/mol. The zero-order valence-corrected chi connectivity index (χ0v) is 16.4. The number of ether oxygens (including phenoxy) is 2. The molecule has 2 heterocycles. The van der Waals surface area contributed by atoms with Crippen molar-refractivity contribution in [2.45, 2.75) is 29.8 Å². The third-order valence-corrected chi connectivity index (χ3v) is 5.89. The van der Waals surface area contributed by atoms with Gasteiger partial charge in [0.15, 0.2) is 11.0 Å². The highest BCUT2D eigenvalue weighted by atomic mass is 32.2. The van der Waals surface area contributed by atoms with Gasteiger partial charge in [0.1, 0.15) is 11.0 Å². The number of nitrogens with zero attached hydrogens (tertiary/aromatic N) is 3. The first-order chi connectivity index (χ1) is 13.7. The molecule has 1 aromatic heterocycles. The van der Waals surface area contributed by atoms with E-state index in [0.29, 0.717) is 13.0 Å². The van der Waals surface area contributed by atoms with Crippen LogP contribution in [0.15, 0.2) is 59.8 Å². The molecule has 144 valence electrons. The van der Waals surface area contributed by atoms with E-state index in [1.165, 1.54) is 17.3 Å². The van der Waals surface area contributed by atoms with Crippen LogP contribution in [0.3, 0.4) is 0 Å². The maximum atomic E-state index is 11.9. The Kier molecular flexibility index (Phi) is 5.62. The molecule has 0 unspecified atom stereocenters. The van der Waals surface area contributed by atoms with E-state index in [0.717, 1.165) is 35.3 Å². The van der Waals surface area contributed by atoms with Crippen LogP contribution in [0.2, 0.25) is 0 Å². The molecule has 0 spiro atoms. The van der Waals surface area contributed by atoms with E-state index in [9.17, 15) is 4.79 Å². The molecule has 7 heteroatoms. The average molecular weight is 395 g/mol. The van der Waals surface area contributed by atoms with Crippen LogP contribution in [0, 0.1) is 0 Å². The average Bonchev–Trinajstić information content (AvgIpc) is 3.33. The molecule has 2 aromatic carbocycles. The van der Waals surface area contributed by atoms with Gasteiger partial charge in [0.05, 0.1) is 13.7 Å². The summed E-state index contributed by atoms with van der Waals surface area (Å²) in [7, 11) is 1.65. The summed E-state index contributed by atoms with van der Waals surface area (Å²) in [4.78, 5) is 11.9. The normalized spacial score (nSPS) is 16.2. The number of hydrogen-bond donors (Lipinski definition) is 0. The minimum absolute atomic E-state index is 0.173. The van der Waals surface area contributed by atoms with Gasteiger partial charge in [0, 0.05) is 18.5 Å². The van der Waals surface area contributed by atoms with Crippen molar-refractivity contribution in [2.24, 2.45) is 0 Å². The molecule has 1 aliphatic rings. The van der Waals surface area contributed by atoms with Gasteiger partial charge in [-0.15, -0.1) is 10.2 Å². The van der Waals surface area contributed by atoms with E-state index in [1.807, 2.05) is 42.5 Å². The number of benzene rings is 2. The highest BCUT2D eigenvalue weighted by Gasteiger charge is 2.30. The van der Waals surface area contributed by atoms with Gasteiger partial charge in [0.25, 0.3) is 0 Å². The van der Waals surface area contributed by atoms with Crippen molar-refractivity contribution >= 4 is 17.7 Å². The zero-order chi connectivity index (χ0) is 19.3. The molecule has 6 nitrogen and oxygen atoms in total. The molecule has 1 fully saturated rings. The van der Waals surface area contributed by atoms with Crippen LogP contribution >= 0.6 is 11.8 Å². The number of carbonyl (C=O) groups excluding carboxylic acids is 1. The summed E-state index contributed by atoms with van der Waals surface area (Å²) < 4.78 is 12.4. The number of aryl methyl sites for hydroxylation is 1. The number of cyclic esters (lactones) is 1. The SMILES string of the molecule is COc1ccc(-c2nnc(S[C@@H]3CCOC3=O)n2CCc2ccccc2)cc1. The van der Waals surface area contributed by atoms with Gasteiger partial charge in [-0.3, -0.25) is 4.79 Å². The van der Waals surface area contributed by atoms with E-state index >= 15 is 0 Å². The minimum Gasteiger partial charge on any atom is -0.497 e. The molecule has 3 aromatic rings. The maximum Gasteiger partial charge on any atom is 0.319 e. The van der Waals surface area contributed by atoms with Crippen molar-refractivity contribution in [3.63, 3.8) is 0 Å². The van der Waals surface area contributed by atoms with E-state index < -0.39 is 0 Å². The highest BCUT2D eigenvalue weighted by Crippen LogP contribution is 2.31. The molecule has 0 amide bonds. The van der Waals surface area contributed by atoms with Gasteiger partial charge in [-0.25, -0.2) is 0 Å². The number of esters is 1. The van der Waals surface area contributed by atoms with Gasteiger partial charge in [-0.2, -0.15) is 0 Å². The van der Waals surface area contributed by atoms with Gasteiger partial charge >= 0.3 is 5.97 Å². The van der Waals surface area contributed by atoms with Crippen molar-refractivity contribution in [1.82, 2.24) is 14.8 Å². The van der Waals surface area contributed by atoms with Gasteiger partial charge in [0.2, 0.25) is 0 Å². The van der Waals surface area contributed by atoms with Crippen molar-refractivity contribution in [3.05, 3.63) is 60.2 Å². The van der Waals surface area contributed by atoms with Crippen LogP contribution < -0.4 is 4.74 Å². The monoisotopic (exact) mass is 395 g/mol. The third-order valence-electron chi connectivity index (χ3n) is 4.67. The number of methoxy groups -OCH3 is 1. The topological polar surface area (TPSA) is 66.2 Å². The fourth-order valence-corrected chi connectivity index (χ4v) is 4.15. The van der Waals surface area contributed by atoms with Crippen molar-refractivity contribution in [1.29, 1.82) is 0 Å². The lowest BCUT2D eigenvalue weighted by molar-refractivity contribution is -0.137. The fraction of sp³-hybridized carbons (Fsp3) is 0.286. The quantitative estimate of drug-likeness (QED) is 0.570. The first kappa shape index (κ1) is 18.6. The number of rotatable bonds is 7. The first-order valence-corrected chi connectivity index (χ1v) is 10.1. The lowest BCUT2D eigenvalue weighted by Crippen LogP contribution is -2.12. The van der Waals surface area contributed by atoms with Gasteiger partial charge in [-0.1, -0.05) is 42.1 Å². The Hall–Kier alpha value is -2.80. The molecule has 0 saturated carbocycles. The fourth-order valence-electron chi connectivity index (χ4n) is 3.13. The van der Waals surface area contributed by atoms with Crippen molar-refractivity contribution < 1.29 is 14.3 Å². The Labute approximate surface area is 167 Å². The van der Waals surface area contributed by atoms with Crippen molar-refractivity contribution in [2.75, 3.05) is 13.7 Å². The summed E-state index contributed by atoms with van der Waals surface area (Å²) in [5.41, 5.74) is 2.20. The van der Waals surface area contributed by atoms with E-state index in [2.05, 4.69) is 26.9 Å². The highest BCUT2D eigenvalue weighted by molar-refractivity contribution is 8.00. The molecule has 0 aliphatic carbocycles. The van der Waals surface area contributed by atoms with Crippen LogP contribution in [0.4, 0.5) is 0 Å². The second-order valence-electron chi connectivity index (χ2n) is 6.48. The molecule has 1 atom stereocenters. The Morgan fingerprint density at radius 3 is 2.61 bits per heavy atom. The smallest absolute Gasteiger partial charge is 0.319 e. The molecular weight excluding hydrogens is 374 g/mol. The van der Waals surface area contributed by atoms with Crippen molar-refractivity contribution in [3.8, 4) is 17.1 Å². The minimum atomic E-state index is -0.219. The zero-order valence-electron chi connectivity index (χ0n) is 15.6. The Bertz CT molecular complexity index is 941. The van der Waals surface area contributed by atoms with E-state index in [4.69, 9.17) is 9.47 Å². The summed E-state index contributed by atoms with van der Waals surface area (Å²) in [6.45, 7) is 1.20. The molecule has 1 saturated heterocycles. The van der Waals surface area contributed by atoms with Gasteiger partial charge in [-0.05, 0) is 36.2 Å². The van der Waals surface area contributed by atoms with Gasteiger partial charge < -0.3 is 14.0 Å². The Balaban J connectivity index is 1.63. The standard InChI is InChI=1S/C21H21N3O3S/c1-26-17-9-7-16(8-10-17)19-22-23-21(28-18-12-14-27-20(18)25)24(19)13-11-15-5-3-2-4-6-15/h2-10,18H,11-14H2,1H3/t18-/m1/s1. The number of carbonyl (C=O) groups is 1. The number of hydrogen-bond acceptors (Lipinski definition) is 6. The second-order valence-corrected chi connectivity index (χ2v) is 7.65. The number of thioether (sulfide) groups is 1. The predicted octanol–water partition coefficient (Wildman–Crippen LogP) is 3.60. The van der Waals surface area contributed by atoms with Crippen LogP contribution in [0.5, 0.6) is 5.75 Å². The lowest BCUT2D eigenvalue weighted by atomic mass is 10.1. The van der Waals surface area contributed by atoms with E-state index in [-0.39, 0.29) is 11.2 Å². The Morgan fingerprint density at radius 2 is 1.93 bits per heavy atom. The van der Waals surface area contributed by atoms with Crippen LogP contribution in [-0.4, -0.2) is 39.7 Å². The molecule has 0 bridgehead atoms. The van der Waals surface area contributed by atoms with Crippen LogP contribution in [-0.2, 0) is 22.5 Å². The second kappa shape index (κ2) is 8.48. The molecule has 1 aliphatic heterocycles.